The van der Waals surface area contributed by atoms with Gasteiger partial charge in [0.2, 0.25) is 5.95 Å². The lowest BCUT2D eigenvalue weighted by Gasteiger charge is -2.08. The van der Waals surface area contributed by atoms with E-state index in [2.05, 4.69) is 36.2 Å². The summed E-state index contributed by atoms with van der Waals surface area (Å²) in [5.41, 5.74) is 0.955. The average Bonchev–Trinajstić information content (AvgIpc) is 3.10. The van der Waals surface area contributed by atoms with Crippen LogP contribution in [0, 0.1) is 0 Å². The van der Waals surface area contributed by atoms with E-state index in [1.165, 1.54) is 12.4 Å². The smallest absolute Gasteiger partial charge is 0.257 e. The number of amides is 1. The maximum atomic E-state index is 12.3. The zero-order chi connectivity index (χ0) is 16.2. The SMILES string of the molecule is COc1ccc(Br)c(C(=O)Nc2cnc(-n3ccnc3)nc2)c1. The van der Waals surface area contributed by atoms with Crippen molar-refractivity contribution in [3.05, 3.63) is 59.3 Å². The van der Waals surface area contributed by atoms with Crippen LogP contribution in [-0.4, -0.2) is 32.5 Å². The predicted octanol–water partition coefficient (Wildman–Crippen LogP) is 2.69. The number of anilines is 1. The molecule has 1 aromatic carbocycles. The summed E-state index contributed by atoms with van der Waals surface area (Å²) in [6.07, 6.45) is 8.05. The van der Waals surface area contributed by atoms with Crippen LogP contribution in [0.4, 0.5) is 5.69 Å². The third-order valence-electron chi connectivity index (χ3n) is 3.05. The Kier molecular flexibility index (Phi) is 4.33. The number of carbonyl (C=O) groups excluding carboxylic acids is 1. The molecule has 0 unspecified atom stereocenters. The zero-order valence-corrected chi connectivity index (χ0v) is 13.7. The molecule has 8 heteroatoms. The van der Waals surface area contributed by atoms with Crippen LogP contribution in [0.25, 0.3) is 5.95 Å². The van der Waals surface area contributed by atoms with Crippen molar-refractivity contribution in [2.24, 2.45) is 0 Å². The molecular formula is C15H12BrN5O2. The number of rotatable bonds is 4. The maximum absolute atomic E-state index is 12.3. The van der Waals surface area contributed by atoms with Crippen LogP contribution in [0.5, 0.6) is 5.75 Å². The molecule has 0 atom stereocenters. The summed E-state index contributed by atoms with van der Waals surface area (Å²) < 4.78 is 7.48. The predicted molar refractivity (Wildman–Crippen MR) is 87.8 cm³/mol. The zero-order valence-electron chi connectivity index (χ0n) is 12.1. The first-order valence-corrected chi connectivity index (χ1v) is 7.42. The minimum absolute atomic E-state index is 0.283. The Morgan fingerprint density at radius 1 is 1.30 bits per heavy atom. The number of methoxy groups -OCH3 is 1. The quantitative estimate of drug-likeness (QED) is 0.760. The van der Waals surface area contributed by atoms with E-state index in [4.69, 9.17) is 4.74 Å². The molecule has 0 bridgehead atoms. The number of hydrogen-bond donors (Lipinski definition) is 1. The number of ether oxygens (including phenoxy) is 1. The number of benzene rings is 1. The molecular weight excluding hydrogens is 362 g/mol. The van der Waals surface area contributed by atoms with Crippen molar-refractivity contribution >= 4 is 27.5 Å². The van der Waals surface area contributed by atoms with Gasteiger partial charge in [0.25, 0.3) is 5.91 Å². The van der Waals surface area contributed by atoms with Gasteiger partial charge >= 0.3 is 0 Å². The van der Waals surface area contributed by atoms with Gasteiger partial charge in [-0.2, -0.15) is 0 Å². The van der Waals surface area contributed by atoms with Crippen LogP contribution in [-0.2, 0) is 0 Å². The molecule has 0 spiro atoms. The highest BCUT2D eigenvalue weighted by molar-refractivity contribution is 9.10. The van der Waals surface area contributed by atoms with Crippen molar-refractivity contribution in [3.8, 4) is 11.7 Å². The van der Waals surface area contributed by atoms with Crippen molar-refractivity contribution in [1.29, 1.82) is 0 Å². The fourth-order valence-electron chi connectivity index (χ4n) is 1.90. The summed E-state index contributed by atoms with van der Waals surface area (Å²) in [6.45, 7) is 0. The van der Waals surface area contributed by atoms with E-state index < -0.39 is 0 Å². The second-order valence-electron chi connectivity index (χ2n) is 4.54. The van der Waals surface area contributed by atoms with Gasteiger partial charge in [0, 0.05) is 16.9 Å². The Bertz CT molecular complexity index is 818. The first-order chi connectivity index (χ1) is 11.2. The summed E-state index contributed by atoms with van der Waals surface area (Å²) in [4.78, 5) is 24.6. The first kappa shape index (κ1) is 15.2. The highest BCUT2D eigenvalue weighted by atomic mass is 79.9. The molecule has 0 radical (unpaired) electrons. The van der Waals surface area contributed by atoms with Crippen LogP contribution < -0.4 is 10.1 Å². The van der Waals surface area contributed by atoms with Gasteiger partial charge in [-0.05, 0) is 34.1 Å². The Labute approximate surface area is 140 Å². The Morgan fingerprint density at radius 3 is 2.74 bits per heavy atom. The summed E-state index contributed by atoms with van der Waals surface area (Å²) in [6, 6.07) is 5.18. The lowest BCUT2D eigenvalue weighted by Crippen LogP contribution is -2.13. The molecule has 3 aromatic rings. The molecule has 2 aromatic heterocycles. The number of nitrogens with zero attached hydrogens (tertiary/aromatic N) is 4. The van der Waals surface area contributed by atoms with Gasteiger partial charge < -0.3 is 10.1 Å². The van der Waals surface area contributed by atoms with Crippen molar-refractivity contribution in [2.75, 3.05) is 12.4 Å². The van der Waals surface area contributed by atoms with Crippen LogP contribution in [0.2, 0.25) is 0 Å². The first-order valence-electron chi connectivity index (χ1n) is 6.62. The molecule has 0 aliphatic rings. The molecule has 0 fully saturated rings. The Hall–Kier alpha value is -2.74. The Morgan fingerprint density at radius 2 is 2.09 bits per heavy atom. The van der Waals surface area contributed by atoms with Crippen LogP contribution in [0.3, 0.4) is 0 Å². The molecule has 7 nitrogen and oxygen atoms in total. The second-order valence-corrected chi connectivity index (χ2v) is 5.40. The van der Waals surface area contributed by atoms with E-state index >= 15 is 0 Å². The van der Waals surface area contributed by atoms with Gasteiger partial charge in [0.05, 0.1) is 30.8 Å². The highest BCUT2D eigenvalue weighted by Gasteiger charge is 2.12. The van der Waals surface area contributed by atoms with Crippen molar-refractivity contribution in [2.45, 2.75) is 0 Å². The van der Waals surface area contributed by atoms with Crippen LogP contribution in [0.1, 0.15) is 10.4 Å². The molecule has 3 rings (SSSR count). The van der Waals surface area contributed by atoms with Crippen molar-refractivity contribution in [1.82, 2.24) is 19.5 Å². The van der Waals surface area contributed by atoms with Gasteiger partial charge in [-0.15, -0.1) is 0 Å². The molecule has 0 saturated carbocycles. The lowest BCUT2D eigenvalue weighted by atomic mass is 10.2. The molecule has 2 heterocycles. The third kappa shape index (κ3) is 3.37. The van der Waals surface area contributed by atoms with E-state index in [0.29, 0.717) is 27.4 Å². The number of carbonyl (C=O) groups is 1. The van der Waals surface area contributed by atoms with E-state index in [9.17, 15) is 4.79 Å². The van der Waals surface area contributed by atoms with Gasteiger partial charge in [-0.25, -0.2) is 15.0 Å². The number of imidazole rings is 1. The number of halogens is 1. The summed E-state index contributed by atoms with van der Waals surface area (Å²) in [7, 11) is 1.55. The maximum Gasteiger partial charge on any atom is 0.257 e. The van der Waals surface area contributed by atoms with Crippen LogP contribution in [0.15, 0.2) is 53.8 Å². The average molecular weight is 374 g/mol. The van der Waals surface area contributed by atoms with Gasteiger partial charge in [0.1, 0.15) is 12.1 Å². The molecule has 116 valence electrons. The van der Waals surface area contributed by atoms with Gasteiger partial charge in [-0.1, -0.05) is 0 Å². The normalized spacial score (nSPS) is 10.3. The Balaban J connectivity index is 1.78. The summed E-state index contributed by atoms with van der Waals surface area (Å²) in [5, 5.41) is 2.75. The number of nitrogens with one attached hydrogen (secondary N) is 1. The molecule has 0 aliphatic carbocycles. The minimum atomic E-state index is -0.283. The minimum Gasteiger partial charge on any atom is -0.497 e. The van der Waals surface area contributed by atoms with E-state index in [1.807, 2.05) is 0 Å². The number of aromatic nitrogens is 4. The van der Waals surface area contributed by atoms with Crippen LogP contribution >= 0.6 is 15.9 Å². The molecule has 0 aliphatic heterocycles. The van der Waals surface area contributed by atoms with Crippen molar-refractivity contribution < 1.29 is 9.53 Å². The highest BCUT2D eigenvalue weighted by Crippen LogP contribution is 2.23. The fourth-order valence-corrected chi connectivity index (χ4v) is 2.33. The summed E-state index contributed by atoms with van der Waals surface area (Å²) in [5.74, 6) is 0.794. The standard InChI is InChI=1S/C15H12BrN5O2/c1-23-11-2-3-13(16)12(6-11)14(22)20-10-7-18-15(19-8-10)21-5-4-17-9-21/h2-9H,1H3,(H,20,22). The molecule has 0 saturated heterocycles. The second kappa shape index (κ2) is 6.57. The third-order valence-corrected chi connectivity index (χ3v) is 3.74. The summed E-state index contributed by atoms with van der Waals surface area (Å²) >= 11 is 3.35. The molecule has 23 heavy (non-hydrogen) atoms. The topological polar surface area (TPSA) is 81.9 Å². The van der Waals surface area contributed by atoms with Gasteiger partial charge in [-0.3, -0.25) is 9.36 Å². The van der Waals surface area contributed by atoms with Crippen molar-refractivity contribution in [3.63, 3.8) is 0 Å². The fraction of sp³-hybridized carbons (Fsp3) is 0.0667. The van der Waals surface area contributed by atoms with E-state index in [1.54, 1.807) is 48.6 Å². The van der Waals surface area contributed by atoms with E-state index in [-0.39, 0.29) is 5.91 Å². The molecule has 1 amide bonds. The number of hydrogen-bond acceptors (Lipinski definition) is 5. The van der Waals surface area contributed by atoms with Gasteiger partial charge in [0.15, 0.2) is 0 Å². The monoisotopic (exact) mass is 373 g/mol. The lowest BCUT2D eigenvalue weighted by molar-refractivity contribution is 0.102. The largest absolute Gasteiger partial charge is 0.497 e. The molecule has 1 N–H and O–H groups in total. The van der Waals surface area contributed by atoms with E-state index in [0.717, 1.165) is 0 Å².